The highest BCUT2D eigenvalue weighted by atomic mass is 35.5. The highest BCUT2D eigenvalue weighted by Gasteiger charge is 2.57. The Morgan fingerprint density at radius 1 is 1.21 bits per heavy atom. The van der Waals surface area contributed by atoms with E-state index in [4.69, 9.17) is 27.9 Å². The molecule has 148 valence electrons. The van der Waals surface area contributed by atoms with Crippen LogP contribution in [0.5, 0.6) is 0 Å². The Balaban J connectivity index is 1.64. The highest BCUT2D eigenvalue weighted by molar-refractivity contribution is 6.42. The van der Waals surface area contributed by atoms with Crippen LogP contribution in [0.25, 0.3) is 0 Å². The first-order valence-corrected chi connectivity index (χ1v) is 10.1. The van der Waals surface area contributed by atoms with Crippen molar-refractivity contribution in [2.24, 2.45) is 5.92 Å². The average Bonchev–Trinajstić information content (AvgIpc) is 3.23. The predicted molar refractivity (Wildman–Crippen MR) is 111 cm³/mol. The summed E-state index contributed by atoms with van der Waals surface area (Å²) in [5.74, 6) is -0.337. The maximum Gasteiger partial charge on any atom is 0.230 e. The largest absolute Gasteiger partial charge is 0.372 e. The Bertz CT molecular complexity index is 905. The number of aromatic nitrogens is 1. The fraction of sp³-hybridized carbons (Fsp3) is 0.429. The van der Waals surface area contributed by atoms with E-state index in [9.17, 15) is 4.79 Å². The molecule has 4 rings (SSSR count). The molecule has 1 aromatic carbocycles. The van der Waals surface area contributed by atoms with Gasteiger partial charge in [-0.3, -0.25) is 9.78 Å². The second-order valence-corrected chi connectivity index (χ2v) is 8.62. The zero-order valence-electron chi connectivity index (χ0n) is 16.0. The van der Waals surface area contributed by atoms with Crippen molar-refractivity contribution in [2.45, 2.75) is 37.5 Å². The molecule has 5 unspecified atom stereocenters. The second kappa shape index (κ2) is 7.64. The molecule has 3 heterocycles. The molecule has 2 aliphatic heterocycles. The smallest absolute Gasteiger partial charge is 0.230 e. The number of hydrogen-bond donors (Lipinski definition) is 1. The molecule has 28 heavy (non-hydrogen) atoms. The van der Waals surface area contributed by atoms with Crippen LogP contribution in [0.1, 0.15) is 23.6 Å². The lowest BCUT2D eigenvalue weighted by molar-refractivity contribution is -0.121. The molecular formula is C21H23Cl2N3O2. The minimum atomic E-state index is -0.266. The first-order chi connectivity index (χ1) is 13.3. The van der Waals surface area contributed by atoms with Crippen LogP contribution in [0.4, 0.5) is 5.69 Å². The zero-order chi connectivity index (χ0) is 20.0. The molecule has 2 aliphatic rings. The lowest BCUT2D eigenvalue weighted by Crippen LogP contribution is -2.46. The first kappa shape index (κ1) is 19.6. The number of likely N-dealkylation sites (N-methyl/N-ethyl adjacent to an activating group) is 1. The Morgan fingerprint density at radius 3 is 2.68 bits per heavy atom. The third-order valence-electron chi connectivity index (χ3n) is 5.79. The summed E-state index contributed by atoms with van der Waals surface area (Å²) in [5.41, 5.74) is 2.67. The molecule has 0 aliphatic carbocycles. The number of carbonyl (C=O) groups excluding carboxylic acids is 1. The van der Waals surface area contributed by atoms with E-state index < -0.39 is 0 Å². The Kier molecular flexibility index (Phi) is 5.36. The summed E-state index contributed by atoms with van der Waals surface area (Å²) in [6.07, 6.45) is 2.51. The number of amides is 1. The summed E-state index contributed by atoms with van der Waals surface area (Å²) in [6.45, 7) is 1.96. The third kappa shape index (κ3) is 3.52. The lowest BCUT2D eigenvalue weighted by atomic mass is 9.72. The third-order valence-corrected chi connectivity index (χ3v) is 6.52. The Morgan fingerprint density at radius 2 is 2.00 bits per heavy atom. The van der Waals surface area contributed by atoms with Crippen molar-refractivity contribution in [1.29, 1.82) is 0 Å². The molecule has 2 aromatic rings. The van der Waals surface area contributed by atoms with Crippen molar-refractivity contribution in [1.82, 2.24) is 9.88 Å². The Labute approximate surface area is 175 Å². The van der Waals surface area contributed by atoms with Crippen LogP contribution in [-0.4, -0.2) is 48.1 Å². The van der Waals surface area contributed by atoms with Crippen molar-refractivity contribution >= 4 is 34.8 Å². The van der Waals surface area contributed by atoms with Crippen LogP contribution in [0.3, 0.4) is 0 Å². The number of anilines is 1. The number of nitrogens with zero attached hydrogens (tertiary/aromatic N) is 2. The van der Waals surface area contributed by atoms with Gasteiger partial charge in [-0.05, 0) is 63.3 Å². The van der Waals surface area contributed by atoms with E-state index in [0.717, 1.165) is 17.7 Å². The summed E-state index contributed by atoms with van der Waals surface area (Å²) in [4.78, 5) is 19.7. The van der Waals surface area contributed by atoms with E-state index in [0.29, 0.717) is 15.7 Å². The number of pyridine rings is 1. The van der Waals surface area contributed by atoms with E-state index in [-0.39, 0.29) is 36.0 Å². The van der Waals surface area contributed by atoms with Crippen molar-refractivity contribution in [2.75, 3.05) is 19.4 Å². The van der Waals surface area contributed by atoms with Crippen LogP contribution in [0.15, 0.2) is 36.5 Å². The number of rotatable bonds is 4. The van der Waals surface area contributed by atoms with Crippen LogP contribution in [-0.2, 0) is 9.53 Å². The van der Waals surface area contributed by atoms with Gasteiger partial charge in [0.1, 0.15) is 0 Å². The van der Waals surface area contributed by atoms with Crippen molar-refractivity contribution in [3.05, 3.63) is 57.8 Å². The molecule has 2 bridgehead atoms. The summed E-state index contributed by atoms with van der Waals surface area (Å²) >= 11 is 12.1. The van der Waals surface area contributed by atoms with Gasteiger partial charge in [0.2, 0.25) is 5.91 Å². The van der Waals surface area contributed by atoms with Gasteiger partial charge in [0.15, 0.2) is 0 Å². The fourth-order valence-electron chi connectivity index (χ4n) is 4.52. The lowest BCUT2D eigenvalue weighted by Gasteiger charge is -2.35. The van der Waals surface area contributed by atoms with Crippen LogP contribution < -0.4 is 5.32 Å². The van der Waals surface area contributed by atoms with Crippen LogP contribution in [0, 0.1) is 12.8 Å². The maximum atomic E-state index is 13.2. The number of halogens is 2. The number of benzene rings is 1. The van der Waals surface area contributed by atoms with Gasteiger partial charge in [-0.15, -0.1) is 0 Å². The normalized spacial score (nSPS) is 28.7. The van der Waals surface area contributed by atoms with Gasteiger partial charge in [0.25, 0.3) is 0 Å². The molecule has 0 spiro atoms. The second-order valence-electron chi connectivity index (χ2n) is 7.81. The van der Waals surface area contributed by atoms with Gasteiger partial charge in [0, 0.05) is 29.5 Å². The van der Waals surface area contributed by atoms with Gasteiger partial charge in [0.05, 0.1) is 28.2 Å². The van der Waals surface area contributed by atoms with Gasteiger partial charge in [-0.25, -0.2) is 0 Å². The van der Waals surface area contributed by atoms with Gasteiger partial charge in [-0.2, -0.15) is 0 Å². The van der Waals surface area contributed by atoms with Crippen molar-refractivity contribution < 1.29 is 9.53 Å². The van der Waals surface area contributed by atoms with E-state index in [1.165, 1.54) is 0 Å². The molecule has 2 saturated heterocycles. The fourth-order valence-corrected chi connectivity index (χ4v) is 4.82. The topological polar surface area (TPSA) is 54.5 Å². The molecule has 1 amide bonds. The molecule has 1 N–H and O–H groups in total. The zero-order valence-corrected chi connectivity index (χ0v) is 17.5. The molecule has 5 nitrogen and oxygen atoms in total. The number of aryl methyl sites for hydroxylation is 1. The number of carbonyl (C=O) groups is 1. The number of ether oxygens (including phenoxy) is 1. The van der Waals surface area contributed by atoms with E-state index in [1.54, 1.807) is 24.4 Å². The van der Waals surface area contributed by atoms with Crippen molar-refractivity contribution in [3.63, 3.8) is 0 Å². The van der Waals surface area contributed by atoms with E-state index in [1.807, 2.05) is 13.0 Å². The summed E-state index contributed by atoms with van der Waals surface area (Å²) < 4.78 is 6.30. The summed E-state index contributed by atoms with van der Waals surface area (Å²) in [5, 5.41) is 3.88. The molecular weight excluding hydrogens is 397 g/mol. The van der Waals surface area contributed by atoms with Crippen LogP contribution in [0.2, 0.25) is 10.0 Å². The molecule has 7 heteroatoms. The molecule has 0 saturated carbocycles. The molecule has 2 fully saturated rings. The van der Waals surface area contributed by atoms with Crippen molar-refractivity contribution in [3.8, 4) is 0 Å². The molecule has 0 radical (unpaired) electrons. The number of fused-ring (bicyclic) bond motifs is 2. The quantitative estimate of drug-likeness (QED) is 0.808. The summed E-state index contributed by atoms with van der Waals surface area (Å²) in [7, 11) is 4.13. The first-order valence-electron chi connectivity index (χ1n) is 9.35. The van der Waals surface area contributed by atoms with E-state index in [2.05, 4.69) is 35.4 Å². The molecule has 1 aromatic heterocycles. The van der Waals surface area contributed by atoms with Crippen LogP contribution >= 0.6 is 23.2 Å². The average molecular weight is 420 g/mol. The monoisotopic (exact) mass is 419 g/mol. The van der Waals surface area contributed by atoms with Gasteiger partial charge in [-0.1, -0.05) is 23.2 Å². The maximum absolute atomic E-state index is 13.2. The van der Waals surface area contributed by atoms with Gasteiger partial charge < -0.3 is 15.0 Å². The highest BCUT2D eigenvalue weighted by Crippen LogP contribution is 2.50. The predicted octanol–water partition coefficient (Wildman–Crippen LogP) is 4.14. The van der Waals surface area contributed by atoms with E-state index >= 15 is 0 Å². The SMILES string of the molecule is Cc1cc(C2C3OC(CC3N(C)C)C2C(=O)Nc2ccc(Cl)c(Cl)c2)ccn1. The van der Waals surface area contributed by atoms with Gasteiger partial charge >= 0.3 is 0 Å². The molecule has 5 atom stereocenters. The standard InChI is InChI=1S/C21H23Cl2N3O2/c1-11-8-12(6-7-24-11)18-19(17-10-16(26(2)3)20(18)28-17)21(27)25-13-4-5-14(22)15(23)9-13/h4-9,16-20H,10H2,1-3H3,(H,25,27). The number of hydrogen-bond acceptors (Lipinski definition) is 4. The minimum Gasteiger partial charge on any atom is -0.372 e. The summed E-state index contributed by atoms with van der Waals surface area (Å²) in [6, 6.07) is 9.45. The Hall–Kier alpha value is -1.66. The number of nitrogens with one attached hydrogen (secondary N) is 1. The minimum absolute atomic E-state index is 0.0179.